The highest BCUT2D eigenvalue weighted by atomic mass is 79.9. The fraction of sp³-hybridized carbons (Fsp3) is 0.462. The van der Waals surface area contributed by atoms with Crippen molar-refractivity contribution in [2.45, 2.75) is 19.3 Å². The SMILES string of the molecule is O=C(NCC1(CCBr)CC1)c1cc(Cl)cc([N+](=O)[O-])c1. The Labute approximate surface area is 130 Å². The first-order chi connectivity index (χ1) is 9.46. The van der Waals surface area contributed by atoms with E-state index in [2.05, 4.69) is 21.2 Å². The molecule has 1 aromatic rings. The molecular weight excluding hydrogens is 348 g/mol. The Bertz CT molecular complexity index is 546. The van der Waals surface area contributed by atoms with E-state index in [1.54, 1.807) is 0 Å². The lowest BCUT2D eigenvalue weighted by Crippen LogP contribution is -2.30. The van der Waals surface area contributed by atoms with Crippen LogP contribution in [0.1, 0.15) is 29.6 Å². The van der Waals surface area contributed by atoms with E-state index >= 15 is 0 Å². The standard InChI is InChI=1S/C13H14BrClN2O3/c14-4-3-13(1-2-13)8-16-12(18)9-5-10(15)7-11(6-9)17(19)20/h5-7H,1-4,8H2,(H,16,18). The number of carbonyl (C=O) groups excluding carboxylic acids is 1. The Kier molecular flexibility index (Phi) is 4.65. The average Bonchev–Trinajstić information content (AvgIpc) is 3.16. The summed E-state index contributed by atoms with van der Waals surface area (Å²) < 4.78 is 0. The molecule has 1 amide bonds. The molecule has 7 heteroatoms. The zero-order chi connectivity index (χ0) is 14.8. The van der Waals surface area contributed by atoms with Gasteiger partial charge in [-0.15, -0.1) is 0 Å². The van der Waals surface area contributed by atoms with Gasteiger partial charge in [0.25, 0.3) is 11.6 Å². The van der Waals surface area contributed by atoms with Crippen LogP contribution in [0.4, 0.5) is 5.69 Å². The number of non-ortho nitro benzene ring substituents is 1. The minimum Gasteiger partial charge on any atom is -0.351 e. The summed E-state index contributed by atoms with van der Waals surface area (Å²) in [5.41, 5.74) is 0.243. The lowest BCUT2D eigenvalue weighted by molar-refractivity contribution is -0.384. The lowest BCUT2D eigenvalue weighted by Gasteiger charge is -2.14. The maximum Gasteiger partial charge on any atom is 0.271 e. The highest BCUT2D eigenvalue weighted by Gasteiger charge is 2.41. The Morgan fingerprint density at radius 1 is 1.45 bits per heavy atom. The van der Waals surface area contributed by atoms with Crippen molar-refractivity contribution in [2.75, 3.05) is 11.9 Å². The number of alkyl halides is 1. The third kappa shape index (κ3) is 3.70. The number of nitro groups is 1. The number of hydrogen-bond acceptors (Lipinski definition) is 3. The van der Waals surface area contributed by atoms with Gasteiger partial charge < -0.3 is 5.32 Å². The third-order valence-corrected chi connectivity index (χ3v) is 4.18. The number of hydrogen-bond donors (Lipinski definition) is 1. The molecule has 0 bridgehead atoms. The van der Waals surface area contributed by atoms with Crippen molar-refractivity contribution in [1.82, 2.24) is 5.32 Å². The molecule has 1 aliphatic rings. The van der Waals surface area contributed by atoms with E-state index in [9.17, 15) is 14.9 Å². The van der Waals surface area contributed by atoms with Gasteiger partial charge >= 0.3 is 0 Å². The van der Waals surface area contributed by atoms with Gasteiger partial charge in [0.2, 0.25) is 0 Å². The molecule has 0 atom stereocenters. The van der Waals surface area contributed by atoms with Crippen molar-refractivity contribution in [3.05, 3.63) is 38.9 Å². The summed E-state index contributed by atoms with van der Waals surface area (Å²) in [6.45, 7) is 0.595. The van der Waals surface area contributed by atoms with Crippen molar-refractivity contribution < 1.29 is 9.72 Å². The maximum absolute atomic E-state index is 12.0. The highest BCUT2D eigenvalue weighted by molar-refractivity contribution is 9.09. The second-order valence-electron chi connectivity index (χ2n) is 5.08. The molecule has 1 aliphatic carbocycles. The zero-order valence-electron chi connectivity index (χ0n) is 10.7. The third-order valence-electron chi connectivity index (χ3n) is 3.56. The highest BCUT2D eigenvalue weighted by Crippen LogP contribution is 2.48. The average molecular weight is 362 g/mol. The van der Waals surface area contributed by atoms with Gasteiger partial charge in [0.15, 0.2) is 0 Å². The number of benzene rings is 1. The fourth-order valence-electron chi connectivity index (χ4n) is 2.07. The van der Waals surface area contributed by atoms with Crippen molar-refractivity contribution in [1.29, 1.82) is 0 Å². The Hall–Kier alpha value is -1.14. The van der Waals surface area contributed by atoms with E-state index in [-0.39, 0.29) is 27.6 Å². The molecule has 0 saturated heterocycles. The summed E-state index contributed by atoms with van der Waals surface area (Å²) in [4.78, 5) is 22.2. The van der Waals surface area contributed by atoms with Crippen LogP contribution in [0.25, 0.3) is 0 Å². The number of nitro benzene ring substituents is 1. The fourth-order valence-corrected chi connectivity index (χ4v) is 3.14. The minimum atomic E-state index is -0.560. The van der Waals surface area contributed by atoms with Gasteiger partial charge in [0.05, 0.1) is 4.92 Å². The summed E-state index contributed by atoms with van der Waals surface area (Å²) >= 11 is 9.21. The quantitative estimate of drug-likeness (QED) is 0.478. The van der Waals surface area contributed by atoms with Crippen molar-refractivity contribution >= 4 is 39.1 Å². The van der Waals surface area contributed by atoms with Crippen LogP contribution in [0.15, 0.2) is 18.2 Å². The van der Waals surface area contributed by atoms with Gasteiger partial charge in [-0.1, -0.05) is 27.5 Å². The largest absolute Gasteiger partial charge is 0.351 e. The van der Waals surface area contributed by atoms with E-state index in [0.29, 0.717) is 6.54 Å². The normalized spacial score (nSPS) is 15.7. The first kappa shape index (κ1) is 15.3. The predicted octanol–water partition coefficient (Wildman–Crippen LogP) is 3.54. The molecule has 0 aliphatic heterocycles. The van der Waals surface area contributed by atoms with Gasteiger partial charge in [-0.3, -0.25) is 14.9 Å². The van der Waals surface area contributed by atoms with Crippen LogP contribution in [0.2, 0.25) is 5.02 Å². The number of amides is 1. The zero-order valence-corrected chi connectivity index (χ0v) is 13.0. The van der Waals surface area contributed by atoms with E-state index in [1.807, 2.05) is 0 Å². The number of halogens is 2. The van der Waals surface area contributed by atoms with Crippen LogP contribution in [0.3, 0.4) is 0 Å². The predicted molar refractivity (Wildman–Crippen MR) is 80.5 cm³/mol. The molecule has 0 spiro atoms. The molecule has 20 heavy (non-hydrogen) atoms. The van der Waals surface area contributed by atoms with Crippen molar-refractivity contribution in [3.8, 4) is 0 Å². The Morgan fingerprint density at radius 3 is 2.70 bits per heavy atom. The number of rotatable bonds is 6. The van der Waals surface area contributed by atoms with Crippen LogP contribution in [-0.2, 0) is 0 Å². The van der Waals surface area contributed by atoms with E-state index in [0.717, 1.165) is 24.6 Å². The topological polar surface area (TPSA) is 72.2 Å². The smallest absolute Gasteiger partial charge is 0.271 e. The van der Waals surface area contributed by atoms with E-state index in [1.165, 1.54) is 18.2 Å². The molecule has 2 rings (SSSR count). The van der Waals surface area contributed by atoms with Crippen LogP contribution in [0.5, 0.6) is 0 Å². The Balaban J connectivity index is 2.04. The maximum atomic E-state index is 12.0. The van der Waals surface area contributed by atoms with Crippen LogP contribution >= 0.6 is 27.5 Å². The number of nitrogens with one attached hydrogen (secondary N) is 1. The van der Waals surface area contributed by atoms with Crippen molar-refractivity contribution in [3.63, 3.8) is 0 Å². The molecule has 0 unspecified atom stereocenters. The van der Waals surface area contributed by atoms with Crippen LogP contribution < -0.4 is 5.32 Å². The second-order valence-corrected chi connectivity index (χ2v) is 6.31. The summed E-state index contributed by atoms with van der Waals surface area (Å²) in [5, 5.41) is 14.7. The van der Waals surface area contributed by atoms with Gasteiger partial charge in [-0.2, -0.15) is 0 Å². The van der Waals surface area contributed by atoms with E-state index < -0.39 is 4.92 Å². The molecule has 1 N–H and O–H groups in total. The van der Waals surface area contributed by atoms with E-state index in [4.69, 9.17) is 11.6 Å². The summed E-state index contributed by atoms with van der Waals surface area (Å²) in [7, 11) is 0. The van der Waals surface area contributed by atoms with Gasteiger partial charge in [0.1, 0.15) is 0 Å². The second kappa shape index (κ2) is 6.10. The first-order valence-electron chi connectivity index (χ1n) is 6.25. The molecule has 0 radical (unpaired) electrons. The molecule has 0 aromatic heterocycles. The molecule has 1 aromatic carbocycles. The molecule has 1 fully saturated rings. The first-order valence-corrected chi connectivity index (χ1v) is 7.75. The molecule has 0 heterocycles. The van der Waals surface area contributed by atoms with Gasteiger partial charge in [-0.25, -0.2) is 0 Å². The summed E-state index contributed by atoms with van der Waals surface area (Å²) in [5.74, 6) is -0.323. The Morgan fingerprint density at radius 2 is 2.15 bits per heavy atom. The van der Waals surface area contributed by atoms with Crippen LogP contribution in [-0.4, -0.2) is 22.7 Å². The van der Waals surface area contributed by atoms with Crippen LogP contribution in [0, 0.1) is 15.5 Å². The lowest BCUT2D eigenvalue weighted by atomic mass is 10.0. The summed E-state index contributed by atoms with van der Waals surface area (Å²) in [6, 6.07) is 3.91. The molecule has 5 nitrogen and oxygen atoms in total. The van der Waals surface area contributed by atoms with Gasteiger partial charge in [0, 0.05) is 34.6 Å². The molecule has 108 valence electrons. The summed E-state index contributed by atoms with van der Waals surface area (Å²) in [6.07, 6.45) is 3.23. The van der Waals surface area contributed by atoms with Gasteiger partial charge in [-0.05, 0) is 30.7 Å². The number of nitrogens with zero attached hydrogens (tertiary/aromatic N) is 1. The number of carbonyl (C=O) groups is 1. The monoisotopic (exact) mass is 360 g/mol. The minimum absolute atomic E-state index is 0.177. The molecular formula is C13H14BrClN2O3. The van der Waals surface area contributed by atoms with Crippen molar-refractivity contribution in [2.24, 2.45) is 5.41 Å². The molecule has 1 saturated carbocycles.